The Morgan fingerprint density at radius 3 is 2.09 bits per heavy atom. The van der Waals surface area contributed by atoms with Crippen molar-refractivity contribution in [3.63, 3.8) is 0 Å². The molecule has 0 aliphatic carbocycles. The summed E-state index contributed by atoms with van der Waals surface area (Å²) in [7, 11) is 0. The van der Waals surface area contributed by atoms with Gasteiger partial charge in [0.2, 0.25) is 6.71 Å². The average Bonchev–Trinajstić information content (AvgIpc) is 3.49. The summed E-state index contributed by atoms with van der Waals surface area (Å²) in [5.41, 5.74) is 10.6. The second kappa shape index (κ2) is 11.8. The van der Waals surface area contributed by atoms with Crippen LogP contribution in [0.3, 0.4) is 0 Å². The predicted octanol–water partition coefficient (Wildman–Crippen LogP) is 8.08. The summed E-state index contributed by atoms with van der Waals surface area (Å²) in [5.74, 6) is 0. The maximum atomic E-state index is 4.67. The zero-order valence-corrected chi connectivity index (χ0v) is 27.6. The van der Waals surface area contributed by atoms with Crippen molar-refractivity contribution in [2.75, 3.05) is 4.90 Å². The van der Waals surface area contributed by atoms with Gasteiger partial charge in [-0.2, -0.15) is 5.46 Å². The Kier molecular flexibility index (Phi) is 7.37. The van der Waals surface area contributed by atoms with Crippen LogP contribution in [0, 0.1) is 12.1 Å². The number of rotatable bonds is 4. The minimum atomic E-state index is -0.0761. The third-order valence-corrected chi connectivity index (χ3v) is 9.74. The number of anilines is 3. The SMILES string of the molecule is [Pt+2].[c-]1c(B2c3[c-]c(-c4ccccn4)ccc3N(c3ccc4c(c3)sc3ccccc34)c3ccccc32)cccc1-c1ccccn1. The predicted molar refractivity (Wildman–Crippen MR) is 189 cm³/mol. The number of pyridine rings is 2. The molecule has 6 heteroatoms. The van der Waals surface area contributed by atoms with Crippen LogP contribution in [0.1, 0.15) is 0 Å². The topological polar surface area (TPSA) is 29.0 Å². The summed E-state index contributed by atoms with van der Waals surface area (Å²) < 4.78 is 2.58. The quantitative estimate of drug-likeness (QED) is 0.134. The van der Waals surface area contributed by atoms with E-state index in [9.17, 15) is 0 Å². The molecule has 46 heavy (non-hydrogen) atoms. The van der Waals surface area contributed by atoms with E-state index in [2.05, 4.69) is 124 Å². The van der Waals surface area contributed by atoms with Gasteiger partial charge in [-0.15, -0.1) is 70.4 Å². The normalized spacial score (nSPS) is 12.1. The van der Waals surface area contributed by atoms with Gasteiger partial charge in [-0.05, 0) is 58.9 Å². The van der Waals surface area contributed by atoms with Gasteiger partial charge >= 0.3 is 21.1 Å². The Hall–Kier alpha value is -4.83. The minimum Gasteiger partial charge on any atom is -0.353 e. The number of aromatic nitrogens is 2. The van der Waals surface area contributed by atoms with Gasteiger partial charge in [-0.3, -0.25) is 0 Å². The summed E-state index contributed by atoms with van der Waals surface area (Å²) >= 11 is 1.85. The first-order chi connectivity index (χ1) is 22.3. The van der Waals surface area contributed by atoms with Crippen molar-refractivity contribution < 1.29 is 21.1 Å². The summed E-state index contributed by atoms with van der Waals surface area (Å²) in [6.07, 6.45) is 3.67. The Morgan fingerprint density at radius 1 is 0.565 bits per heavy atom. The van der Waals surface area contributed by atoms with Crippen molar-refractivity contribution >= 4 is 71.7 Å². The van der Waals surface area contributed by atoms with E-state index < -0.39 is 0 Å². The van der Waals surface area contributed by atoms with E-state index in [1.165, 1.54) is 25.6 Å². The van der Waals surface area contributed by atoms with Crippen LogP contribution in [0.2, 0.25) is 0 Å². The van der Waals surface area contributed by atoms with Crippen molar-refractivity contribution in [2.24, 2.45) is 0 Å². The molecule has 0 fully saturated rings. The van der Waals surface area contributed by atoms with Gasteiger partial charge in [0.1, 0.15) is 0 Å². The fourth-order valence-corrected chi connectivity index (χ4v) is 7.73. The molecule has 0 saturated carbocycles. The molecule has 0 bridgehead atoms. The Balaban J connectivity index is 0.00000312. The van der Waals surface area contributed by atoms with Crippen LogP contribution in [-0.2, 0) is 21.1 Å². The molecular weight excluding hydrogens is 760 g/mol. The van der Waals surface area contributed by atoms with Crippen LogP contribution >= 0.6 is 11.3 Å². The van der Waals surface area contributed by atoms with Crippen LogP contribution in [-0.4, -0.2) is 16.7 Å². The van der Waals surface area contributed by atoms with Crippen molar-refractivity contribution in [1.29, 1.82) is 0 Å². The van der Waals surface area contributed by atoms with Crippen molar-refractivity contribution in [3.8, 4) is 22.5 Å². The van der Waals surface area contributed by atoms with E-state index in [-0.39, 0.29) is 27.8 Å². The van der Waals surface area contributed by atoms with E-state index >= 15 is 0 Å². The van der Waals surface area contributed by atoms with E-state index in [1.54, 1.807) is 0 Å². The van der Waals surface area contributed by atoms with Crippen LogP contribution in [0.5, 0.6) is 0 Å². The number of para-hydroxylation sites is 1. The molecule has 3 aromatic heterocycles. The summed E-state index contributed by atoms with van der Waals surface area (Å²) in [5, 5.41) is 2.60. The minimum absolute atomic E-state index is 0. The van der Waals surface area contributed by atoms with Crippen molar-refractivity contribution in [1.82, 2.24) is 9.97 Å². The molecule has 8 aromatic rings. The zero-order valence-electron chi connectivity index (χ0n) is 24.5. The molecule has 0 spiro atoms. The largest absolute Gasteiger partial charge is 2.00 e. The van der Waals surface area contributed by atoms with E-state index in [0.29, 0.717) is 0 Å². The van der Waals surface area contributed by atoms with Crippen molar-refractivity contribution in [2.45, 2.75) is 0 Å². The average molecular weight is 785 g/mol. The van der Waals surface area contributed by atoms with Gasteiger partial charge in [0, 0.05) is 43.9 Å². The van der Waals surface area contributed by atoms with Crippen molar-refractivity contribution in [3.05, 3.63) is 158 Å². The molecule has 0 atom stereocenters. The second-order valence-corrected chi connectivity index (χ2v) is 12.3. The summed E-state index contributed by atoms with van der Waals surface area (Å²) in [6, 6.07) is 54.6. The third-order valence-electron chi connectivity index (χ3n) is 8.60. The van der Waals surface area contributed by atoms with Crippen LogP contribution in [0.25, 0.3) is 42.7 Å². The van der Waals surface area contributed by atoms with Gasteiger partial charge in [0.05, 0.1) is 0 Å². The monoisotopic (exact) mass is 784 g/mol. The number of hydrogen-bond donors (Lipinski definition) is 0. The molecule has 5 aromatic carbocycles. The first kappa shape index (κ1) is 28.6. The summed E-state index contributed by atoms with van der Waals surface area (Å²) in [6.45, 7) is -0.0761. The number of nitrogens with zero attached hydrogens (tertiary/aromatic N) is 3. The summed E-state index contributed by atoms with van der Waals surface area (Å²) in [4.78, 5) is 11.7. The Labute approximate surface area is 286 Å². The molecule has 1 aliphatic rings. The molecule has 0 unspecified atom stereocenters. The smallest absolute Gasteiger partial charge is 0.353 e. The van der Waals surface area contributed by atoms with E-state index in [0.717, 1.165) is 50.5 Å². The van der Waals surface area contributed by atoms with Gasteiger partial charge in [-0.1, -0.05) is 66.7 Å². The number of benzene rings is 5. The van der Waals surface area contributed by atoms with E-state index in [1.807, 2.05) is 60.1 Å². The van der Waals surface area contributed by atoms with Gasteiger partial charge in [0.15, 0.2) is 0 Å². The standard InChI is InChI=1S/C40H24BN3S.Pt/c1-4-17-39-31(12-1)32-20-19-30(26-40(32)45-39)44-37-16-3-2-13-33(37)41(29-11-9-10-27(24-29)35-14-5-7-22-42-35)34-25-28(18-21-38(34)44)36-15-6-8-23-43-36;/h1-23,26H;/q-2;+2. The fraction of sp³-hybridized carbons (Fsp3) is 0. The van der Waals surface area contributed by atoms with Crippen LogP contribution < -0.4 is 21.3 Å². The third kappa shape index (κ3) is 4.79. The molecule has 0 radical (unpaired) electrons. The van der Waals surface area contributed by atoms with Gasteiger partial charge in [0.25, 0.3) is 0 Å². The number of hydrogen-bond acceptors (Lipinski definition) is 4. The van der Waals surface area contributed by atoms with Gasteiger partial charge < -0.3 is 14.9 Å². The molecular formula is C40H24BN3PtS. The Bertz CT molecular complexity index is 2360. The maximum absolute atomic E-state index is 4.67. The van der Waals surface area contributed by atoms with Gasteiger partial charge in [-0.25, -0.2) is 0 Å². The zero-order chi connectivity index (χ0) is 29.7. The second-order valence-electron chi connectivity index (χ2n) is 11.2. The first-order valence-electron chi connectivity index (χ1n) is 15.0. The van der Waals surface area contributed by atoms with Crippen LogP contribution in [0.15, 0.2) is 146 Å². The molecule has 218 valence electrons. The maximum Gasteiger partial charge on any atom is 2.00 e. The van der Waals surface area contributed by atoms with Crippen LogP contribution in [0.4, 0.5) is 17.1 Å². The molecule has 4 heterocycles. The molecule has 0 amide bonds. The molecule has 0 N–H and O–H groups in total. The first-order valence-corrected chi connectivity index (χ1v) is 15.8. The molecule has 9 rings (SSSR count). The molecule has 1 aliphatic heterocycles. The fourth-order valence-electron chi connectivity index (χ4n) is 6.59. The van der Waals surface area contributed by atoms with E-state index in [4.69, 9.17) is 0 Å². The number of fused-ring (bicyclic) bond motifs is 5. The number of thiophene rings is 1. The Morgan fingerprint density at radius 2 is 1.28 bits per heavy atom. The molecule has 3 nitrogen and oxygen atoms in total. The molecule has 0 saturated heterocycles.